The molecule has 10 heteroatoms. The number of halogens is 1. The fourth-order valence-electron chi connectivity index (χ4n) is 3.00. The number of nitro benzene ring substituents is 1. The molecule has 0 aliphatic carbocycles. The summed E-state index contributed by atoms with van der Waals surface area (Å²) in [6.07, 6.45) is 2.82. The number of nitro groups is 1. The summed E-state index contributed by atoms with van der Waals surface area (Å²) < 4.78 is 5.42. The molecule has 152 valence electrons. The van der Waals surface area contributed by atoms with Gasteiger partial charge >= 0.3 is 0 Å². The Morgan fingerprint density at radius 1 is 1.28 bits per heavy atom. The highest BCUT2D eigenvalue weighted by molar-refractivity contribution is 6.30. The lowest BCUT2D eigenvalue weighted by Gasteiger charge is -2.31. The molecule has 0 spiro atoms. The second-order valence-corrected chi connectivity index (χ2v) is 7.01. The molecular weight excluding hydrogens is 400 g/mol. The van der Waals surface area contributed by atoms with Crippen molar-refractivity contribution in [1.29, 1.82) is 0 Å². The Labute approximate surface area is 171 Å². The van der Waals surface area contributed by atoms with E-state index < -0.39 is 4.92 Å². The lowest BCUT2D eigenvalue weighted by Crippen LogP contribution is -2.45. The number of non-ortho nitro benzene ring substituents is 1. The van der Waals surface area contributed by atoms with Crippen LogP contribution < -0.4 is 10.1 Å². The zero-order valence-electron chi connectivity index (χ0n) is 15.4. The van der Waals surface area contributed by atoms with Gasteiger partial charge in [0.05, 0.1) is 15.9 Å². The van der Waals surface area contributed by atoms with Crippen LogP contribution in [0.2, 0.25) is 5.02 Å². The molecule has 1 atom stereocenters. The molecule has 3 rings (SSSR count). The van der Waals surface area contributed by atoms with E-state index in [1.165, 1.54) is 30.5 Å². The summed E-state index contributed by atoms with van der Waals surface area (Å²) in [4.78, 5) is 40.7. The van der Waals surface area contributed by atoms with Crippen LogP contribution in [0, 0.1) is 16.0 Å². The van der Waals surface area contributed by atoms with E-state index in [0.29, 0.717) is 42.5 Å². The van der Waals surface area contributed by atoms with Gasteiger partial charge in [-0.25, -0.2) is 4.98 Å². The zero-order valence-corrected chi connectivity index (χ0v) is 16.2. The van der Waals surface area contributed by atoms with Gasteiger partial charge in [-0.2, -0.15) is 0 Å². The first kappa shape index (κ1) is 20.5. The number of rotatable bonds is 6. The average molecular weight is 419 g/mol. The highest BCUT2D eigenvalue weighted by Crippen LogP contribution is 2.20. The number of nitrogens with zero attached hydrogens (tertiary/aromatic N) is 3. The summed E-state index contributed by atoms with van der Waals surface area (Å²) >= 11 is 5.79. The van der Waals surface area contributed by atoms with Gasteiger partial charge in [0, 0.05) is 31.4 Å². The second-order valence-electron chi connectivity index (χ2n) is 6.57. The summed E-state index contributed by atoms with van der Waals surface area (Å²) in [5.74, 6) is -0.0166. The van der Waals surface area contributed by atoms with Crippen molar-refractivity contribution in [2.24, 2.45) is 5.92 Å². The molecule has 2 heterocycles. The SMILES string of the molecule is O=C(Nc1ccc(Cl)cn1)C1CCCN(C(=O)COc2ccc([N+](=O)[O-])cc2)C1. The molecule has 1 aromatic heterocycles. The van der Waals surface area contributed by atoms with Crippen molar-refractivity contribution < 1.29 is 19.2 Å². The standard InChI is InChI=1S/C19H19ClN4O5/c20-14-3-8-17(21-10-14)22-19(26)13-2-1-9-23(11-13)18(25)12-29-16-6-4-15(5-7-16)24(27)28/h3-8,10,13H,1-2,9,11-12H2,(H,21,22,26). The highest BCUT2D eigenvalue weighted by atomic mass is 35.5. The van der Waals surface area contributed by atoms with E-state index in [1.807, 2.05) is 0 Å². The first-order chi connectivity index (χ1) is 13.9. The van der Waals surface area contributed by atoms with Crippen LogP contribution in [-0.2, 0) is 9.59 Å². The fraction of sp³-hybridized carbons (Fsp3) is 0.316. The Balaban J connectivity index is 1.51. The van der Waals surface area contributed by atoms with Crippen LogP contribution in [0.5, 0.6) is 5.75 Å². The van der Waals surface area contributed by atoms with Gasteiger partial charge < -0.3 is 15.0 Å². The first-order valence-electron chi connectivity index (χ1n) is 9.00. The number of ether oxygens (including phenoxy) is 1. The maximum Gasteiger partial charge on any atom is 0.269 e. The number of hydrogen-bond donors (Lipinski definition) is 1. The molecule has 1 unspecified atom stereocenters. The minimum Gasteiger partial charge on any atom is -0.484 e. The zero-order chi connectivity index (χ0) is 20.8. The number of likely N-dealkylation sites (tertiary alicyclic amines) is 1. The Hall–Kier alpha value is -3.20. The van der Waals surface area contributed by atoms with Crippen LogP contribution in [0.3, 0.4) is 0 Å². The van der Waals surface area contributed by atoms with E-state index in [-0.39, 0.29) is 30.0 Å². The molecule has 0 radical (unpaired) electrons. The fourth-order valence-corrected chi connectivity index (χ4v) is 3.11. The Bertz CT molecular complexity index is 888. The average Bonchev–Trinajstić information content (AvgIpc) is 2.74. The van der Waals surface area contributed by atoms with Gasteiger partial charge in [-0.05, 0) is 37.1 Å². The number of hydrogen-bond acceptors (Lipinski definition) is 6. The Morgan fingerprint density at radius 3 is 2.69 bits per heavy atom. The molecule has 1 aliphatic rings. The van der Waals surface area contributed by atoms with E-state index in [0.717, 1.165) is 0 Å². The van der Waals surface area contributed by atoms with Gasteiger partial charge in [0.25, 0.3) is 11.6 Å². The molecule has 1 fully saturated rings. The largest absolute Gasteiger partial charge is 0.484 e. The molecule has 2 amide bonds. The highest BCUT2D eigenvalue weighted by Gasteiger charge is 2.28. The van der Waals surface area contributed by atoms with Crippen LogP contribution in [0.1, 0.15) is 12.8 Å². The van der Waals surface area contributed by atoms with E-state index in [2.05, 4.69) is 10.3 Å². The lowest BCUT2D eigenvalue weighted by atomic mass is 9.97. The number of carbonyl (C=O) groups excluding carboxylic acids is 2. The van der Waals surface area contributed by atoms with Crippen LogP contribution in [0.25, 0.3) is 0 Å². The number of pyridine rings is 1. The van der Waals surface area contributed by atoms with Crippen LogP contribution in [-0.4, -0.2) is 46.3 Å². The summed E-state index contributed by atoms with van der Waals surface area (Å²) in [6.45, 7) is 0.637. The van der Waals surface area contributed by atoms with E-state index in [1.54, 1.807) is 17.0 Å². The molecule has 1 saturated heterocycles. The van der Waals surface area contributed by atoms with Gasteiger partial charge in [0.15, 0.2) is 6.61 Å². The maximum absolute atomic E-state index is 12.5. The summed E-state index contributed by atoms with van der Waals surface area (Å²) in [6, 6.07) is 8.76. The number of aromatic nitrogens is 1. The predicted octanol–water partition coefficient (Wildman–Crippen LogP) is 2.90. The van der Waals surface area contributed by atoms with Crippen LogP contribution in [0.15, 0.2) is 42.6 Å². The number of carbonyl (C=O) groups is 2. The number of amides is 2. The first-order valence-corrected chi connectivity index (χ1v) is 9.37. The van der Waals surface area contributed by atoms with Gasteiger partial charge in [0.1, 0.15) is 11.6 Å². The van der Waals surface area contributed by atoms with Crippen molar-refractivity contribution in [2.75, 3.05) is 25.0 Å². The van der Waals surface area contributed by atoms with Crippen molar-refractivity contribution in [2.45, 2.75) is 12.8 Å². The van der Waals surface area contributed by atoms with Crippen molar-refractivity contribution in [3.05, 3.63) is 57.7 Å². The third kappa shape index (κ3) is 5.64. The third-order valence-electron chi connectivity index (χ3n) is 4.53. The van der Waals surface area contributed by atoms with Gasteiger partial charge in [-0.15, -0.1) is 0 Å². The molecule has 0 saturated carbocycles. The lowest BCUT2D eigenvalue weighted by molar-refractivity contribution is -0.384. The summed E-state index contributed by atoms with van der Waals surface area (Å²) in [5, 5.41) is 13.9. The number of nitrogens with one attached hydrogen (secondary N) is 1. The molecule has 29 heavy (non-hydrogen) atoms. The monoisotopic (exact) mass is 418 g/mol. The van der Waals surface area contributed by atoms with Crippen LogP contribution in [0.4, 0.5) is 11.5 Å². The van der Waals surface area contributed by atoms with Crippen LogP contribution >= 0.6 is 11.6 Å². The molecule has 1 aromatic carbocycles. The summed E-state index contributed by atoms with van der Waals surface area (Å²) in [7, 11) is 0. The number of piperidine rings is 1. The number of anilines is 1. The molecule has 9 nitrogen and oxygen atoms in total. The van der Waals surface area contributed by atoms with Crippen molar-refractivity contribution in [3.8, 4) is 5.75 Å². The van der Waals surface area contributed by atoms with Gasteiger partial charge in [-0.3, -0.25) is 19.7 Å². The van der Waals surface area contributed by atoms with Crippen molar-refractivity contribution >= 4 is 34.9 Å². The second kappa shape index (κ2) is 9.33. The molecule has 1 N–H and O–H groups in total. The molecule has 0 bridgehead atoms. The molecule has 1 aliphatic heterocycles. The van der Waals surface area contributed by atoms with E-state index >= 15 is 0 Å². The quantitative estimate of drug-likeness (QED) is 0.569. The maximum atomic E-state index is 12.5. The van der Waals surface area contributed by atoms with E-state index in [9.17, 15) is 19.7 Å². The van der Waals surface area contributed by atoms with Gasteiger partial charge in [0.2, 0.25) is 5.91 Å². The van der Waals surface area contributed by atoms with Crippen molar-refractivity contribution in [3.63, 3.8) is 0 Å². The minimum atomic E-state index is -0.507. The molecular formula is C19H19ClN4O5. The number of benzene rings is 1. The smallest absolute Gasteiger partial charge is 0.269 e. The van der Waals surface area contributed by atoms with Gasteiger partial charge in [-0.1, -0.05) is 11.6 Å². The Morgan fingerprint density at radius 2 is 2.03 bits per heavy atom. The minimum absolute atomic E-state index is 0.0521. The topological polar surface area (TPSA) is 115 Å². The Kier molecular flexibility index (Phi) is 6.61. The normalized spacial score (nSPS) is 16.2. The third-order valence-corrected chi connectivity index (χ3v) is 4.76. The molecule has 2 aromatic rings. The summed E-state index contributed by atoms with van der Waals surface area (Å²) in [5.41, 5.74) is -0.0521. The van der Waals surface area contributed by atoms with E-state index in [4.69, 9.17) is 16.3 Å². The van der Waals surface area contributed by atoms with Crippen molar-refractivity contribution in [1.82, 2.24) is 9.88 Å². The predicted molar refractivity (Wildman–Crippen MR) is 106 cm³/mol.